The lowest BCUT2D eigenvalue weighted by Crippen LogP contribution is -2.41. The normalized spacial score (nSPS) is 13.5. The van der Waals surface area contributed by atoms with Gasteiger partial charge in [0, 0.05) is 18.3 Å². The number of pyridine rings is 1. The molecule has 26 heavy (non-hydrogen) atoms. The van der Waals surface area contributed by atoms with Crippen LogP contribution in [-0.4, -0.2) is 28.3 Å². The second kappa shape index (κ2) is 8.47. The molecule has 2 rings (SSSR count). The minimum atomic E-state index is -1.18. The van der Waals surface area contributed by atoms with Gasteiger partial charge in [-0.1, -0.05) is 36.4 Å². The van der Waals surface area contributed by atoms with Gasteiger partial charge in [0.1, 0.15) is 6.10 Å². The molecule has 138 valence electrons. The lowest BCUT2D eigenvalue weighted by molar-refractivity contribution is -0.152. The monoisotopic (exact) mass is 356 g/mol. The van der Waals surface area contributed by atoms with Gasteiger partial charge in [0.25, 0.3) is 0 Å². The van der Waals surface area contributed by atoms with E-state index in [4.69, 9.17) is 4.74 Å². The van der Waals surface area contributed by atoms with Crippen molar-refractivity contribution in [2.75, 3.05) is 0 Å². The van der Waals surface area contributed by atoms with Crippen LogP contribution in [-0.2, 0) is 16.0 Å². The average molecular weight is 356 g/mol. The van der Waals surface area contributed by atoms with Gasteiger partial charge in [-0.3, -0.25) is 9.78 Å². The molecule has 2 aromatic rings. The average Bonchev–Trinajstić information content (AvgIpc) is 2.62. The second-order valence-corrected chi connectivity index (χ2v) is 6.71. The zero-order valence-electron chi connectivity index (χ0n) is 15.2. The van der Waals surface area contributed by atoms with Gasteiger partial charge in [-0.15, -0.1) is 0 Å². The van der Waals surface area contributed by atoms with Crippen LogP contribution in [0.3, 0.4) is 0 Å². The van der Waals surface area contributed by atoms with E-state index in [-0.39, 0.29) is 6.04 Å². The molecule has 0 saturated heterocycles. The number of carbonyl (C=O) groups excluding carboxylic acids is 1. The lowest BCUT2D eigenvalue weighted by Gasteiger charge is -2.28. The van der Waals surface area contributed by atoms with Crippen molar-refractivity contribution < 1.29 is 19.4 Å². The van der Waals surface area contributed by atoms with Gasteiger partial charge in [0.2, 0.25) is 0 Å². The molecule has 1 amide bonds. The molecule has 0 radical (unpaired) electrons. The highest BCUT2D eigenvalue weighted by molar-refractivity contribution is 5.75. The molecule has 1 aromatic carbocycles. The van der Waals surface area contributed by atoms with Crippen molar-refractivity contribution in [3.63, 3.8) is 0 Å². The summed E-state index contributed by atoms with van der Waals surface area (Å²) >= 11 is 0. The fourth-order valence-electron chi connectivity index (χ4n) is 2.32. The number of benzene rings is 1. The van der Waals surface area contributed by atoms with Crippen molar-refractivity contribution in [2.24, 2.45) is 5.41 Å². The van der Waals surface area contributed by atoms with Crippen LogP contribution < -0.4 is 5.32 Å². The first-order valence-electron chi connectivity index (χ1n) is 8.46. The van der Waals surface area contributed by atoms with Crippen LogP contribution in [0.1, 0.15) is 38.1 Å². The third kappa shape index (κ3) is 5.05. The number of carbonyl (C=O) groups is 2. The molecule has 6 heteroatoms. The van der Waals surface area contributed by atoms with Gasteiger partial charge in [0.15, 0.2) is 0 Å². The number of amides is 1. The summed E-state index contributed by atoms with van der Waals surface area (Å²) in [6.07, 6.45) is 0.756. The topological polar surface area (TPSA) is 88.5 Å². The maximum atomic E-state index is 12.4. The molecule has 0 fully saturated rings. The van der Waals surface area contributed by atoms with E-state index in [1.807, 2.05) is 48.5 Å². The summed E-state index contributed by atoms with van der Waals surface area (Å²) in [4.78, 5) is 28.0. The summed E-state index contributed by atoms with van der Waals surface area (Å²) in [5, 5.41) is 12.1. The van der Waals surface area contributed by atoms with Crippen molar-refractivity contribution >= 4 is 12.1 Å². The largest absolute Gasteiger partial charge is 0.481 e. The van der Waals surface area contributed by atoms with Crippen molar-refractivity contribution in [3.05, 3.63) is 66.0 Å². The number of carboxylic acid groups (broad SMARTS) is 1. The van der Waals surface area contributed by atoms with Gasteiger partial charge in [-0.25, -0.2) is 4.79 Å². The number of aliphatic carboxylic acids is 1. The first-order chi connectivity index (χ1) is 12.3. The number of hydrogen-bond acceptors (Lipinski definition) is 4. The third-order valence-electron chi connectivity index (χ3n) is 4.48. The summed E-state index contributed by atoms with van der Waals surface area (Å²) in [6, 6.07) is 14.8. The van der Waals surface area contributed by atoms with E-state index in [0.29, 0.717) is 6.42 Å². The highest BCUT2D eigenvalue weighted by Gasteiger charge is 2.37. The number of aromatic nitrogens is 1. The van der Waals surface area contributed by atoms with Crippen LogP contribution in [0.4, 0.5) is 4.79 Å². The molecule has 6 nitrogen and oxygen atoms in total. The van der Waals surface area contributed by atoms with Crippen LogP contribution in [0.15, 0.2) is 54.7 Å². The van der Waals surface area contributed by atoms with Crippen molar-refractivity contribution in [1.82, 2.24) is 10.3 Å². The molecule has 2 atom stereocenters. The Balaban J connectivity index is 2.11. The quantitative estimate of drug-likeness (QED) is 0.791. The van der Waals surface area contributed by atoms with E-state index in [0.717, 1.165) is 11.3 Å². The van der Waals surface area contributed by atoms with E-state index in [9.17, 15) is 14.7 Å². The molecule has 1 aromatic heterocycles. The van der Waals surface area contributed by atoms with Gasteiger partial charge >= 0.3 is 12.1 Å². The highest BCUT2D eigenvalue weighted by atomic mass is 16.6. The van der Waals surface area contributed by atoms with Crippen molar-refractivity contribution in [1.29, 1.82) is 0 Å². The highest BCUT2D eigenvalue weighted by Crippen LogP contribution is 2.24. The molecule has 0 spiro atoms. The molecule has 1 unspecified atom stereocenters. The van der Waals surface area contributed by atoms with Crippen LogP contribution in [0.2, 0.25) is 0 Å². The maximum Gasteiger partial charge on any atom is 0.407 e. The second-order valence-electron chi connectivity index (χ2n) is 6.71. The van der Waals surface area contributed by atoms with Gasteiger partial charge in [-0.2, -0.15) is 0 Å². The number of nitrogens with one attached hydrogen (secondary N) is 1. The Bertz CT molecular complexity index is 732. The standard InChI is InChI=1S/C20H24N2O4/c1-14(20(2,3)18(23)24)26-19(25)22-17(15-9-5-4-6-10-15)13-16-11-7-8-12-21-16/h4-12,14,17H,13H2,1-3H3,(H,22,25)(H,23,24)/t14?,17-/m0/s1. The number of ether oxygens (including phenoxy) is 1. The Kier molecular flexibility index (Phi) is 6.33. The molecular weight excluding hydrogens is 332 g/mol. The molecule has 0 aliphatic carbocycles. The molecule has 2 N–H and O–H groups in total. The summed E-state index contributed by atoms with van der Waals surface area (Å²) < 4.78 is 5.31. The Morgan fingerprint density at radius 3 is 2.38 bits per heavy atom. The van der Waals surface area contributed by atoms with Gasteiger partial charge in [0.05, 0.1) is 11.5 Å². The van der Waals surface area contributed by atoms with E-state index < -0.39 is 23.6 Å². The summed E-state index contributed by atoms with van der Waals surface area (Å²) in [6.45, 7) is 4.62. The van der Waals surface area contributed by atoms with Crippen LogP contribution in [0, 0.1) is 5.41 Å². The van der Waals surface area contributed by atoms with Crippen LogP contribution in [0.25, 0.3) is 0 Å². The number of alkyl carbamates (subject to hydrolysis) is 1. The predicted octanol–water partition coefficient (Wildman–Crippen LogP) is 3.59. The number of carboxylic acids is 1. The number of hydrogen-bond donors (Lipinski definition) is 2. The first-order valence-corrected chi connectivity index (χ1v) is 8.46. The summed E-state index contributed by atoms with van der Waals surface area (Å²) in [5.74, 6) is -1.02. The molecule has 0 saturated carbocycles. The fraction of sp³-hybridized carbons (Fsp3) is 0.350. The van der Waals surface area contributed by atoms with Crippen LogP contribution in [0.5, 0.6) is 0 Å². The first kappa shape index (κ1) is 19.4. The Hall–Kier alpha value is -2.89. The lowest BCUT2D eigenvalue weighted by atomic mass is 9.88. The Morgan fingerprint density at radius 1 is 1.15 bits per heavy atom. The number of nitrogens with zero attached hydrogens (tertiary/aromatic N) is 1. The minimum Gasteiger partial charge on any atom is -0.481 e. The molecule has 0 aliphatic heterocycles. The van der Waals surface area contributed by atoms with Crippen molar-refractivity contribution in [2.45, 2.75) is 39.3 Å². The maximum absolute atomic E-state index is 12.4. The van der Waals surface area contributed by atoms with E-state index in [1.54, 1.807) is 13.1 Å². The Labute approximate surface area is 153 Å². The molecular formula is C20H24N2O4. The molecule has 1 heterocycles. The Morgan fingerprint density at radius 2 is 1.81 bits per heavy atom. The molecule has 0 aliphatic rings. The van der Waals surface area contributed by atoms with E-state index in [2.05, 4.69) is 10.3 Å². The fourth-order valence-corrected chi connectivity index (χ4v) is 2.32. The minimum absolute atomic E-state index is 0.334. The predicted molar refractivity (Wildman–Crippen MR) is 97.6 cm³/mol. The third-order valence-corrected chi connectivity index (χ3v) is 4.48. The zero-order chi connectivity index (χ0) is 19.2. The van der Waals surface area contributed by atoms with E-state index in [1.165, 1.54) is 13.8 Å². The summed E-state index contributed by atoms with van der Waals surface area (Å²) in [7, 11) is 0. The van der Waals surface area contributed by atoms with Crippen LogP contribution >= 0.6 is 0 Å². The SMILES string of the molecule is CC(OC(=O)N[C@@H](Cc1ccccn1)c1ccccc1)C(C)(C)C(=O)O. The molecule has 0 bridgehead atoms. The smallest absolute Gasteiger partial charge is 0.407 e. The number of rotatable bonds is 7. The zero-order valence-corrected chi connectivity index (χ0v) is 15.2. The summed E-state index contributed by atoms with van der Waals surface area (Å²) in [5.41, 5.74) is 0.571. The van der Waals surface area contributed by atoms with Gasteiger partial charge < -0.3 is 15.2 Å². The van der Waals surface area contributed by atoms with Crippen molar-refractivity contribution in [3.8, 4) is 0 Å². The van der Waals surface area contributed by atoms with Gasteiger partial charge in [-0.05, 0) is 38.5 Å². The van der Waals surface area contributed by atoms with E-state index >= 15 is 0 Å².